The van der Waals surface area contributed by atoms with Gasteiger partial charge in [-0.05, 0) is 90.0 Å². The van der Waals surface area contributed by atoms with Gasteiger partial charge in [0, 0.05) is 32.9 Å². The van der Waals surface area contributed by atoms with Gasteiger partial charge in [-0.1, -0.05) is 48.5 Å². The Hall–Kier alpha value is -6.61. The van der Waals surface area contributed by atoms with E-state index in [1.54, 1.807) is 0 Å². The van der Waals surface area contributed by atoms with E-state index < -0.39 is 0 Å². The Morgan fingerprint density at radius 2 is 0.886 bits per heavy atom. The number of fused-ring (bicyclic) bond motifs is 6. The summed E-state index contributed by atoms with van der Waals surface area (Å²) in [6.07, 6.45) is 0. The van der Waals surface area contributed by atoms with Crippen LogP contribution < -0.4 is 0 Å². The summed E-state index contributed by atoms with van der Waals surface area (Å²) in [4.78, 5) is 0. The predicted molar refractivity (Wildman–Crippen MR) is 175 cm³/mol. The van der Waals surface area contributed by atoms with Crippen molar-refractivity contribution in [2.75, 3.05) is 0 Å². The third kappa shape index (κ3) is 3.77. The Morgan fingerprint density at radius 3 is 1.48 bits per heavy atom. The van der Waals surface area contributed by atoms with E-state index in [1.165, 1.54) is 0 Å². The van der Waals surface area contributed by atoms with Crippen molar-refractivity contribution in [2.24, 2.45) is 0 Å². The molecule has 44 heavy (non-hydrogen) atoms. The molecular formula is C39H21N5. The molecule has 202 valence electrons. The van der Waals surface area contributed by atoms with Crippen molar-refractivity contribution in [3.8, 4) is 40.7 Å². The number of hydrogen-bond acceptors (Lipinski definition) is 3. The first-order valence-corrected chi connectivity index (χ1v) is 14.2. The Morgan fingerprint density at radius 1 is 0.364 bits per heavy atom. The SMILES string of the molecule is N#Cc1cc(-c2cccc(-n3c4ccccc4c4cc(C#N)ccc43)c2)cc(-n2c3ccccc3c3cc(C#N)ccc32)c1. The van der Waals surface area contributed by atoms with Crippen molar-refractivity contribution in [3.05, 3.63) is 144 Å². The van der Waals surface area contributed by atoms with Gasteiger partial charge in [0.25, 0.3) is 0 Å². The van der Waals surface area contributed by atoms with Crippen molar-refractivity contribution in [1.82, 2.24) is 9.13 Å². The summed E-state index contributed by atoms with van der Waals surface area (Å²) in [5, 5.41) is 33.3. The van der Waals surface area contributed by atoms with E-state index in [0.717, 1.165) is 66.1 Å². The normalized spacial score (nSPS) is 11.1. The van der Waals surface area contributed by atoms with Crippen LogP contribution in [0.25, 0.3) is 66.1 Å². The van der Waals surface area contributed by atoms with Crippen molar-refractivity contribution in [1.29, 1.82) is 15.8 Å². The Kier molecular flexibility index (Phi) is 5.56. The second-order valence-electron chi connectivity index (χ2n) is 10.8. The minimum Gasteiger partial charge on any atom is -0.309 e. The van der Waals surface area contributed by atoms with Gasteiger partial charge in [-0.3, -0.25) is 0 Å². The lowest BCUT2D eigenvalue weighted by molar-refractivity contribution is 1.17. The van der Waals surface area contributed by atoms with E-state index in [4.69, 9.17) is 0 Å². The largest absolute Gasteiger partial charge is 0.309 e. The van der Waals surface area contributed by atoms with Crippen LogP contribution in [0.2, 0.25) is 0 Å². The zero-order valence-corrected chi connectivity index (χ0v) is 23.4. The van der Waals surface area contributed by atoms with Crippen LogP contribution in [0.5, 0.6) is 0 Å². The standard InChI is InChI=1S/C39H21N5/c40-22-25-12-14-38-34(18-25)32-8-1-3-10-36(32)43(38)30-7-5-6-28(20-30)29-16-27(24-42)17-31(21-29)44-37-11-4-2-9-33(37)35-19-26(23-41)13-15-39(35)44/h1-21H. The lowest BCUT2D eigenvalue weighted by atomic mass is 10.0. The highest BCUT2D eigenvalue weighted by Gasteiger charge is 2.16. The number of benzene rings is 6. The first-order valence-electron chi connectivity index (χ1n) is 14.2. The topological polar surface area (TPSA) is 81.2 Å². The summed E-state index contributed by atoms with van der Waals surface area (Å²) in [5.74, 6) is 0. The Labute approximate surface area is 252 Å². The molecule has 0 saturated heterocycles. The zero-order valence-electron chi connectivity index (χ0n) is 23.4. The summed E-state index contributed by atoms with van der Waals surface area (Å²) >= 11 is 0. The van der Waals surface area contributed by atoms with E-state index in [-0.39, 0.29) is 0 Å². The molecule has 5 heteroatoms. The number of aromatic nitrogens is 2. The van der Waals surface area contributed by atoms with Crippen LogP contribution in [0.3, 0.4) is 0 Å². The van der Waals surface area contributed by atoms with Crippen LogP contribution >= 0.6 is 0 Å². The predicted octanol–water partition coefficient (Wildman–Crippen LogP) is 9.16. The van der Waals surface area contributed by atoms with Gasteiger partial charge in [-0.15, -0.1) is 0 Å². The fourth-order valence-electron chi connectivity index (χ4n) is 6.44. The molecule has 8 rings (SSSR count). The minimum atomic E-state index is 0.559. The molecule has 2 heterocycles. The average molecular weight is 560 g/mol. The highest BCUT2D eigenvalue weighted by molar-refractivity contribution is 6.10. The molecule has 0 fully saturated rings. The number of nitriles is 3. The number of hydrogen-bond donors (Lipinski definition) is 0. The molecule has 5 nitrogen and oxygen atoms in total. The van der Waals surface area contributed by atoms with Gasteiger partial charge in [-0.2, -0.15) is 15.8 Å². The van der Waals surface area contributed by atoms with E-state index in [0.29, 0.717) is 16.7 Å². The van der Waals surface area contributed by atoms with E-state index in [9.17, 15) is 15.8 Å². The quantitative estimate of drug-likeness (QED) is 0.216. The van der Waals surface area contributed by atoms with Gasteiger partial charge in [0.05, 0.1) is 57.0 Å². The first kappa shape index (κ1) is 25.1. The first-order chi connectivity index (χ1) is 21.7. The highest BCUT2D eigenvalue weighted by atomic mass is 15.0. The summed E-state index contributed by atoms with van der Waals surface area (Å²) in [7, 11) is 0. The summed E-state index contributed by atoms with van der Waals surface area (Å²) in [6.45, 7) is 0. The molecule has 0 bridgehead atoms. The van der Waals surface area contributed by atoms with Crippen LogP contribution in [-0.2, 0) is 0 Å². The number of nitrogens with zero attached hydrogens (tertiary/aromatic N) is 5. The summed E-state index contributed by atoms with van der Waals surface area (Å²) in [6, 6.07) is 49.1. The van der Waals surface area contributed by atoms with Crippen LogP contribution in [0.15, 0.2) is 127 Å². The Bertz CT molecular complexity index is 2600. The molecule has 0 unspecified atom stereocenters. The van der Waals surface area contributed by atoms with Crippen molar-refractivity contribution >= 4 is 43.6 Å². The molecule has 0 spiro atoms. The highest BCUT2D eigenvalue weighted by Crippen LogP contribution is 2.36. The monoisotopic (exact) mass is 559 g/mol. The average Bonchev–Trinajstić information content (AvgIpc) is 3.60. The lowest BCUT2D eigenvalue weighted by Gasteiger charge is -2.13. The fraction of sp³-hybridized carbons (Fsp3) is 0. The van der Waals surface area contributed by atoms with Gasteiger partial charge in [0.2, 0.25) is 0 Å². The van der Waals surface area contributed by atoms with E-state index in [1.807, 2.05) is 78.9 Å². The van der Waals surface area contributed by atoms with Crippen LogP contribution in [-0.4, -0.2) is 9.13 Å². The van der Waals surface area contributed by atoms with Gasteiger partial charge < -0.3 is 9.13 Å². The molecular weight excluding hydrogens is 538 g/mol. The second-order valence-corrected chi connectivity index (χ2v) is 10.8. The number of para-hydroxylation sites is 2. The molecule has 0 aliphatic heterocycles. The summed E-state index contributed by atoms with van der Waals surface area (Å²) in [5.41, 5.74) is 9.63. The second kappa shape index (κ2) is 9.74. The molecule has 0 amide bonds. The smallest absolute Gasteiger partial charge is 0.0992 e. The zero-order chi connectivity index (χ0) is 29.8. The maximum absolute atomic E-state index is 10.1. The molecule has 0 N–H and O–H groups in total. The van der Waals surface area contributed by atoms with E-state index >= 15 is 0 Å². The minimum absolute atomic E-state index is 0.559. The molecule has 0 radical (unpaired) electrons. The van der Waals surface area contributed by atoms with E-state index in [2.05, 4.69) is 75.9 Å². The van der Waals surface area contributed by atoms with Gasteiger partial charge in [-0.25, -0.2) is 0 Å². The third-order valence-electron chi connectivity index (χ3n) is 8.35. The molecule has 0 atom stereocenters. The lowest BCUT2D eigenvalue weighted by Crippen LogP contribution is -1.97. The van der Waals surface area contributed by atoms with Crippen molar-refractivity contribution < 1.29 is 0 Å². The van der Waals surface area contributed by atoms with Gasteiger partial charge in [0.1, 0.15) is 0 Å². The van der Waals surface area contributed by atoms with Crippen molar-refractivity contribution in [3.63, 3.8) is 0 Å². The number of rotatable bonds is 3. The molecule has 8 aromatic rings. The summed E-state index contributed by atoms with van der Waals surface area (Å²) < 4.78 is 4.39. The maximum atomic E-state index is 10.1. The fourth-order valence-corrected chi connectivity index (χ4v) is 6.44. The van der Waals surface area contributed by atoms with Gasteiger partial charge >= 0.3 is 0 Å². The molecule has 2 aromatic heterocycles. The van der Waals surface area contributed by atoms with Crippen LogP contribution in [0.4, 0.5) is 0 Å². The molecule has 0 aliphatic rings. The van der Waals surface area contributed by atoms with Crippen molar-refractivity contribution in [2.45, 2.75) is 0 Å². The van der Waals surface area contributed by atoms with Crippen LogP contribution in [0, 0.1) is 34.0 Å². The van der Waals surface area contributed by atoms with Crippen LogP contribution in [0.1, 0.15) is 16.7 Å². The third-order valence-corrected chi connectivity index (χ3v) is 8.35. The molecule has 6 aromatic carbocycles. The molecule has 0 aliphatic carbocycles. The van der Waals surface area contributed by atoms with Gasteiger partial charge in [0.15, 0.2) is 0 Å². The Balaban J connectivity index is 1.35. The molecule has 0 saturated carbocycles. The maximum Gasteiger partial charge on any atom is 0.0992 e.